The van der Waals surface area contributed by atoms with E-state index in [9.17, 15) is 14.4 Å². The molecule has 3 amide bonds. The van der Waals surface area contributed by atoms with Gasteiger partial charge >= 0.3 is 0 Å². The first-order chi connectivity index (χ1) is 13.1. The second-order valence-electron chi connectivity index (χ2n) is 6.75. The molecule has 1 atom stereocenters. The SMILES string of the molecule is CNC(C#Cc1ccc(C(=O)N2CCN(C3CC3)CC2)cc1)C(=O)NC=O. The van der Waals surface area contributed by atoms with Crippen LogP contribution in [0, 0.1) is 11.8 Å². The average molecular weight is 368 g/mol. The molecule has 0 aromatic heterocycles. The summed E-state index contributed by atoms with van der Waals surface area (Å²) >= 11 is 0. The van der Waals surface area contributed by atoms with Gasteiger partial charge < -0.3 is 4.90 Å². The van der Waals surface area contributed by atoms with Crippen molar-refractivity contribution in [3.63, 3.8) is 0 Å². The van der Waals surface area contributed by atoms with Gasteiger partial charge in [0.15, 0.2) is 0 Å². The van der Waals surface area contributed by atoms with Gasteiger partial charge in [-0.3, -0.25) is 29.9 Å². The number of rotatable bonds is 5. The summed E-state index contributed by atoms with van der Waals surface area (Å²) in [5.41, 5.74) is 1.34. The van der Waals surface area contributed by atoms with E-state index in [-0.39, 0.29) is 5.91 Å². The third-order valence-corrected chi connectivity index (χ3v) is 4.91. The first-order valence-corrected chi connectivity index (χ1v) is 9.18. The summed E-state index contributed by atoms with van der Waals surface area (Å²) in [6.07, 6.45) is 2.92. The van der Waals surface area contributed by atoms with Crippen molar-refractivity contribution in [1.82, 2.24) is 20.4 Å². The summed E-state index contributed by atoms with van der Waals surface area (Å²) in [6.45, 7) is 3.45. The number of carbonyl (C=O) groups is 3. The molecule has 0 radical (unpaired) electrons. The van der Waals surface area contributed by atoms with Crippen LogP contribution in [0.15, 0.2) is 24.3 Å². The fourth-order valence-electron chi connectivity index (χ4n) is 3.17. The van der Waals surface area contributed by atoms with E-state index in [4.69, 9.17) is 0 Å². The Morgan fingerprint density at radius 1 is 1.15 bits per heavy atom. The molecule has 1 saturated carbocycles. The molecule has 1 aromatic carbocycles. The second kappa shape index (κ2) is 8.80. The van der Waals surface area contributed by atoms with Crippen molar-refractivity contribution >= 4 is 18.2 Å². The van der Waals surface area contributed by atoms with Crippen LogP contribution in [0.3, 0.4) is 0 Å². The van der Waals surface area contributed by atoms with Crippen molar-refractivity contribution in [3.8, 4) is 11.8 Å². The molecule has 0 spiro atoms. The van der Waals surface area contributed by atoms with Gasteiger partial charge in [0.05, 0.1) is 0 Å². The molecule has 2 N–H and O–H groups in total. The molecule has 1 aromatic rings. The van der Waals surface area contributed by atoms with Crippen LogP contribution in [-0.4, -0.2) is 73.3 Å². The molecule has 0 bridgehead atoms. The largest absolute Gasteiger partial charge is 0.336 e. The Bertz CT molecular complexity index is 754. The summed E-state index contributed by atoms with van der Waals surface area (Å²) < 4.78 is 0. The van der Waals surface area contributed by atoms with E-state index in [2.05, 4.69) is 27.4 Å². The van der Waals surface area contributed by atoms with Gasteiger partial charge in [-0.25, -0.2) is 0 Å². The van der Waals surface area contributed by atoms with Gasteiger partial charge in [0, 0.05) is 43.3 Å². The van der Waals surface area contributed by atoms with E-state index in [0.29, 0.717) is 17.5 Å². The van der Waals surface area contributed by atoms with Crippen molar-refractivity contribution in [2.75, 3.05) is 33.2 Å². The Labute approximate surface area is 159 Å². The summed E-state index contributed by atoms with van der Waals surface area (Å²) in [6, 6.07) is 7.03. The van der Waals surface area contributed by atoms with E-state index < -0.39 is 11.9 Å². The van der Waals surface area contributed by atoms with E-state index in [1.807, 2.05) is 4.90 Å². The van der Waals surface area contributed by atoms with Gasteiger partial charge in [-0.1, -0.05) is 11.8 Å². The van der Waals surface area contributed by atoms with Crippen molar-refractivity contribution < 1.29 is 14.4 Å². The number of benzene rings is 1. The minimum Gasteiger partial charge on any atom is -0.336 e. The quantitative estimate of drug-likeness (QED) is 0.557. The van der Waals surface area contributed by atoms with Crippen molar-refractivity contribution in [3.05, 3.63) is 35.4 Å². The zero-order valence-electron chi connectivity index (χ0n) is 15.4. The summed E-state index contributed by atoms with van der Waals surface area (Å²) in [5, 5.41) is 4.81. The van der Waals surface area contributed by atoms with Crippen molar-refractivity contribution in [2.45, 2.75) is 24.9 Å². The van der Waals surface area contributed by atoms with E-state index in [1.165, 1.54) is 12.8 Å². The number of nitrogens with zero attached hydrogens (tertiary/aromatic N) is 2. The van der Waals surface area contributed by atoms with Crippen molar-refractivity contribution in [2.24, 2.45) is 0 Å². The Hall–Kier alpha value is -2.69. The Balaban J connectivity index is 1.58. The number of nitrogens with one attached hydrogen (secondary N) is 2. The van der Waals surface area contributed by atoms with Crippen LogP contribution in [0.25, 0.3) is 0 Å². The highest BCUT2D eigenvalue weighted by molar-refractivity contribution is 5.94. The minimum absolute atomic E-state index is 0.0448. The number of carbonyl (C=O) groups excluding carboxylic acids is 3. The normalized spacial score (nSPS) is 18.2. The zero-order chi connectivity index (χ0) is 19.2. The predicted molar refractivity (Wildman–Crippen MR) is 101 cm³/mol. The molecular formula is C20H24N4O3. The number of piperazine rings is 1. The van der Waals surface area contributed by atoms with Gasteiger partial charge in [-0.15, -0.1) is 0 Å². The molecule has 1 unspecified atom stereocenters. The average Bonchev–Trinajstić information content (AvgIpc) is 3.54. The first-order valence-electron chi connectivity index (χ1n) is 9.18. The third kappa shape index (κ3) is 4.94. The molecule has 2 aliphatic rings. The Morgan fingerprint density at radius 3 is 2.37 bits per heavy atom. The summed E-state index contributed by atoms with van der Waals surface area (Å²) in [5.74, 6) is 5.20. The van der Waals surface area contributed by atoms with Gasteiger partial charge in [0.1, 0.15) is 6.04 Å². The molecule has 1 saturated heterocycles. The monoisotopic (exact) mass is 368 g/mol. The molecule has 7 nitrogen and oxygen atoms in total. The number of likely N-dealkylation sites (N-methyl/N-ethyl adjacent to an activating group) is 1. The molecule has 3 rings (SSSR count). The maximum atomic E-state index is 12.7. The van der Waals surface area contributed by atoms with Gasteiger partial charge in [-0.05, 0) is 44.2 Å². The highest BCUT2D eigenvalue weighted by atomic mass is 16.2. The lowest BCUT2D eigenvalue weighted by Crippen LogP contribution is -2.49. The van der Waals surface area contributed by atoms with Crippen LogP contribution < -0.4 is 10.6 Å². The molecule has 27 heavy (non-hydrogen) atoms. The molecular weight excluding hydrogens is 344 g/mol. The van der Waals surface area contributed by atoms with Crippen LogP contribution in [0.4, 0.5) is 0 Å². The second-order valence-corrected chi connectivity index (χ2v) is 6.75. The van der Waals surface area contributed by atoms with Gasteiger partial charge in [0.2, 0.25) is 6.41 Å². The molecule has 2 fully saturated rings. The maximum Gasteiger partial charge on any atom is 0.255 e. The number of imide groups is 1. The highest BCUT2D eigenvalue weighted by Crippen LogP contribution is 2.27. The molecule has 1 heterocycles. The lowest BCUT2D eigenvalue weighted by Gasteiger charge is -2.34. The number of hydrogen-bond acceptors (Lipinski definition) is 5. The third-order valence-electron chi connectivity index (χ3n) is 4.91. The topological polar surface area (TPSA) is 81.8 Å². The zero-order valence-corrected chi connectivity index (χ0v) is 15.4. The molecule has 7 heteroatoms. The fourth-order valence-corrected chi connectivity index (χ4v) is 3.17. The van der Waals surface area contributed by atoms with Crippen LogP contribution in [0.1, 0.15) is 28.8 Å². The molecule has 1 aliphatic carbocycles. The Kier molecular flexibility index (Phi) is 6.22. The van der Waals surface area contributed by atoms with Crippen LogP contribution in [0.5, 0.6) is 0 Å². The van der Waals surface area contributed by atoms with Crippen LogP contribution in [-0.2, 0) is 9.59 Å². The van der Waals surface area contributed by atoms with E-state index in [0.717, 1.165) is 32.2 Å². The summed E-state index contributed by atoms with van der Waals surface area (Å²) in [4.78, 5) is 39.0. The standard InChI is InChI=1S/C20H24N4O3/c1-21-18(19(26)22-14-25)9-4-15-2-5-16(6-3-15)20(27)24-12-10-23(11-13-24)17-7-8-17/h2-3,5-6,14,17-18,21H,7-8,10-13H2,1H3,(H,22,25,26). The highest BCUT2D eigenvalue weighted by Gasteiger charge is 2.32. The lowest BCUT2D eigenvalue weighted by atomic mass is 10.1. The minimum atomic E-state index is -0.778. The number of hydrogen-bond donors (Lipinski definition) is 2. The molecule has 142 valence electrons. The first kappa shape index (κ1) is 19.1. The van der Waals surface area contributed by atoms with Gasteiger partial charge in [0.25, 0.3) is 11.8 Å². The van der Waals surface area contributed by atoms with Crippen LogP contribution in [0.2, 0.25) is 0 Å². The molecule has 1 aliphatic heterocycles. The van der Waals surface area contributed by atoms with E-state index >= 15 is 0 Å². The maximum absolute atomic E-state index is 12.7. The Morgan fingerprint density at radius 2 is 1.81 bits per heavy atom. The van der Waals surface area contributed by atoms with Gasteiger partial charge in [-0.2, -0.15) is 0 Å². The van der Waals surface area contributed by atoms with Crippen molar-refractivity contribution in [1.29, 1.82) is 0 Å². The number of amides is 3. The summed E-state index contributed by atoms with van der Waals surface area (Å²) in [7, 11) is 1.59. The predicted octanol–water partition coefficient (Wildman–Crippen LogP) is -0.181. The lowest BCUT2D eigenvalue weighted by molar-refractivity contribution is -0.125. The van der Waals surface area contributed by atoms with Crippen LogP contribution >= 0.6 is 0 Å². The smallest absolute Gasteiger partial charge is 0.255 e. The van der Waals surface area contributed by atoms with E-state index in [1.54, 1.807) is 31.3 Å². The fraction of sp³-hybridized carbons (Fsp3) is 0.450.